The van der Waals surface area contributed by atoms with Crippen LogP contribution in [0.4, 0.5) is 10.5 Å². The van der Waals surface area contributed by atoms with Crippen LogP contribution in [0.2, 0.25) is 5.02 Å². The Morgan fingerprint density at radius 1 is 1.41 bits per heavy atom. The Kier molecular flexibility index (Phi) is 6.18. The van der Waals surface area contributed by atoms with Gasteiger partial charge in [-0.2, -0.15) is 0 Å². The highest BCUT2D eigenvalue weighted by Crippen LogP contribution is 2.29. The molecule has 2 fully saturated rings. The molecule has 146 valence electrons. The van der Waals surface area contributed by atoms with Gasteiger partial charge in [0.15, 0.2) is 0 Å². The minimum Gasteiger partial charge on any atom is -0.481 e. The molecule has 0 radical (unpaired) electrons. The van der Waals surface area contributed by atoms with Crippen molar-refractivity contribution in [3.63, 3.8) is 0 Å². The maximum absolute atomic E-state index is 13.0. The summed E-state index contributed by atoms with van der Waals surface area (Å²) in [6.07, 6.45) is 1.55. The molecule has 0 aromatic heterocycles. The first kappa shape index (κ1) is 19.4. The van der Waals surface area contributed by atoms with E-state index in [0.29, 0.717) is 42.5 Å². The molecule has 2 N–H and O–H groups in total. The van der Waals surface area contributed by atoms with Gasteiger partial charge in [-0.25, -0.2) is 4.79 Å². The van der Waals surface area contributed by atoms with Crippen molar-refractivity contribution in [3.05, 3.63) is 28.8 Å². The molecule has 2 aliphatic heterocycles. The molecule has 0 bridgehead atoms. The Morgan fingerprint density at radius 3 is 2.85 bits per heavy atom. The SMILES string of the molecule is O=C(O)CCN(CC1CCCO1)C(=O)c1ccc(Cl)c(N2CCNC2=O)c1. The average Bonchev–Trinajstić information content (AvgIpc) is 3.30. The summed E-state index contributed by atoms with van der Waals surface area (Å²) in [5.41, 5.74) is 0.824. The number of halogens is 1. The third kappa shape index (κ3) is 4.70. The van der Waals surface area contributed by atoms with Crippen LogP contribution < -0.4 is 10.2 Å². The topological polar surface area (TPSA) is 99.2 Å². The number of anilines is 1. The van der Waals surface area contributed by atoms with Gasteiger partial charge in [-0.05, 0) is 31.0 Å². The zero-order chi connectivity index (χ0) is 19.4. The minimum atomic E-state index is -0.967. The summed E-state index contributed by atoms with van der Waals surface area (Å²) in [5.74, 6) is -1.27. The van der Waals surface area contributed by atoms with E-state index >= 15 is 0 Å². The number of carboxylic acids is 1. The molecule has 1 atom stereocenters. The second-order valence-electron chi connectivity index (χ2n) is 6.58. The Morgan fingerprint density at radius 2 is 2.22 bits per heavy atom. The summed E-state index contributed by atoms with van der Waals surface area (Å²) in [6.45, 7) is 2.07. The van der Waals surface area contributed by atoms with Gasteiger partial charge in [0.25, 0.3) is 5.91 Å². The van der Waals surface area contributed by atoms with E-state index in [1.165, 1.54) is 9.80 Å². The summed E-state index contributed by atoms with van der Waals surface area (Å²) in [4.78, 5) is 38.9. The highest BCUT2D eigenvalue weighted by Gasteiger charge is 2.27. The van der Waals surface area contributed by atoms with Crippen molar-refractivity contribution >= 4 is 35.2 Å². The third-order valence-corrected chi connectivity index (χ3v) is 4.99. The molecule has 0 saturated carbocycles. The first-order valence-corrected chi connectivity index (χ1v) is 9.31. The Balaban J connectivity index is 1.81. The number of hydrogen-bond acceptors (Lipinski definition) is 4. The number of carboxylic acid groups (broad SMARTS) is 1. The molecule has 3 rings (SSSR count). The second-order valence-corrected chi connectivity index (χ2v) is 6.99. The maximum atomic E-state index is 13.0. The van der Waals surface area contributed by atoms with Crippen molar-refractivity contribution in [2.45, 2.75) is 25.4 Å². The van der Waals surface area contributed by atoms with Gasteiger partial charge in [0.05, 0.1) is 23.2 Å². The first-order chi connectivity index (χ1) is 13.0. The second kappa shape index (κ2) is 8.58. The van der Waals surface area contributed by atoms with Gasteiger partial charge >= 0.3 is 12.0 Å². The lowest BCUT2D eigenvalue weighted by molar-refractivity contribution is -0.137. The number of carbonyl (C=O) groups is 3. The zero-order valence-corrected chi connectivity index (χ0v) is 15.6. The van der Waals surface area contributed by atoms with Crippen molar-refractivity contribution in [2.75, 3.05) is 37.7 Å². The number of nitrogens with one attached hydrogen (secondary N) is 1. The highest BCUT2D eigenvalue weighted by atomic mass is 35.5. The van der Waals surface area contributed by atoms with E-state index in [0.717, 1.165) is 12.8 Å². The lowest BCUT2D eigenvalue weighted by Gasteiger charge is -2.26. The van der Waals surface area contributed by atoms with E-state index in [1.807, 2.05) is 0 Å². The summed E-state index contributed by atoms with van der Waals surface area (Å²) in [6, 6.07) is 4.49. The van der Waals surface area contributed by atoms with Crippen molar-refractivity contribution in [3.8, 4) is 0 Å². The van der Waals surface area contributed by atoms with E-state index in [1.54, 1.807) is 18.2 Å². The maximum Gasteiger partial charge on any atom is 0.322 e. The molecule has 1 aromatic carbocycles. The predicted molar refractivity (Wildman–Crippen MR) is 99.3 cm³/mol. The highest BCUT2D eigenvalue weighted by molar-refractivity contribution is 6.34. The van der Waals surface area contributed by atoms with Crippen LogP contribution in [-0.4, -0.2) is 66.8 Å². The first-order valence-electron chi connectivity index (χ1n) is 8.93. The Bertz CT molecular complexity index is 736. The van der Waals surface area contributed by atoms with Crippen LogP contribution >= 0.6 is 11.6 Å². The van der Waals surface area contributed by atoms with Crippen molar-refractivity contribution in [2.24, 2.45) is 0 Å². The third-order valence-electron chi connectivity index (χ3n) is 4.67. The Hall–Kier alpha value is -2.32. The van der Waals surface area contributed by atoms with E-state index in [2.05, 4.69) is 5.32 Å². The number of rotatable bonds is 7. The quantitative estimate of drug-likeness (QED) is 0.735. The van der Waals surface area contributed by atoms with Crippen molar-refractivity contribution < 1.29 is 24.2 Å². The number of benzene rings is 1. The molecule has 2 aliphatic rings. The van der Waals surface area contributed by atoms with Gasteiger partial charge < -0.3 is 20.1 Å². The fraction of sp³-hybridized carbons (Fsp3) is 0.500. The lowest BCUT2D eigenvalue weighted by Crippen LogP contribution is -2.39. The van der Waals surface area contributed by atoms with Gasteiger partial charge in [-0.3, -0.25) is 14.5 Å². The van der Waals surface area contributed by atoms with Crippen LogP contribution in [0.15, 0.2) is 18.2 Å². The van der Waals surface area contributed by atoms with Crippen LogP contribution in [0.3, 0.4) is 0 Å². The molecule has 9 heteroatoms. The van der Waals surface area contributed by atoms with Gasteiger partial charge in [-0.1, -0.05) is 11.6 Å². The van der Waals surface area contributed by atoms with Crippen LogP contribution in [0, 0.1) is 0 Å². The fourth-order valence-electron chi connectivity index (χ4n) is 3.28. The average molecular weight is 396 g/mol. The molecular formula is C18H22ClN3O5. The fourth-order valence-corrected chi connectivity index (χ4v) is 3.50. The van der Waals surface area contributed by atoms with E-state index in [9.17, 15) is 14.4 Å². The summed E-state index contributed by atoms with van der Waals surface area (Å²) in [5, 5.41) is 12.1. The molecule has 3 amide bonds. The normalized spacial score (nSPS) is 19.2. The number of nitrogens with zero attached hydrogens (tertiary/aromatic N) is 2. The summed E-state index contributed by atoms with van der Waals surface area (Å²) >= 11 is 6.22. The summed E-state index contributed by atoms with van der Waals surface area (Å²) < 4.78 is 5.59. The molecule has 2 heterocycles. The van der Waals surface area contributed by atoms with E-state index in [-0.39, 0.29) is 31.0 Å². The monoisotopic (exact) mass is 395 g/mol. The molecule has 27 heavy (non-hydrogen) atoms. The van der Waals surface area contributed by atoms with Gasteiger partial charge in [0.2, 0.25) is 0 Å². The number of ether oxygens (including phenoxy) is 1. The molecule has 1 unspecified atom stereocenters. The molecule has 8 nitrogen and oxygen atoms in total. The van der Waals surface area contributed by atoms with E-state index < -0.39 is 5.97 Å². The van der Waals surface area contributed by atoms with Crippen molar-refractivity contribution in [1.82, 2.24) is 10.2 Å². The molecule has 0 spiro atoms. The number of urea groups is 1. The standard InChI is InChI=1S/C18H22ClN3O5/c19-14-4-3-12(10-15(14)22-8-6-20-18(22)26)17(25)21(7-5-16(23)24)11-13-2-1-9-27-13/h3-4,10,13H,1-2,5-9,11H2,(H,20,26)(H,23,24). The van der Waals surface area contributed by atoms with Gasteiger partial charge in [0.1, 0.15) is 0 Å². The summed E-state index contributed by atoms with van der Waals surface area (Å²) in [7, 11) is 0. The van der Waals surface area contributed by atoms with E-state index in [4.69, 9.17) is 21.4 Å². The predicted octanol–water partition coefficient (Wildman–Crippen LogP) is 1.97. The van der Waals surface area contributed by atoms with Gasteiger partial charge in [-0.15, -0.1) is 0 Å². The van der Waals surface area contributed by atoms with Crippen LogP contribution in [0.5, 0.6) is 0 Å². The van der Waals surface area contributed by atoms with Crippen LogP contribution in [-0.2, 0) is 9.53 Å². The van der Waals surface area contributed by atoms with Crippen molar-refractivity contribution in [1.29, 1.82) is 0 Å². The zero-order valence-electron chi connectivity index (χ0n) is 14.8. The van der Waals surface area contributed by atoms with Gasteiger partial charge in [0, 0.05) is 38.3 Å². The molecular weight excluding hydrogens is 374 g/mol. The lowest BCUT2D eigenvalue weighted by atomic mass is 10.1. The number of hydrogen-bond donors (Lipinski definition) is 2. The smallest absolute Gasteiger partial charge is 0.322 e. The Labute approximate surface area is 162 Å². The largest absolute Gasteiger partial charge is 0.481 e. The number of aliphatic carboxylic acids is 1. The number of amides is 3. The van der Waals surface area contributed by atoms with Crippen LogP contribution in [0.1, 0.15) is 29.6 Å². The molecule has 0 aliphatic carbocycles. The molecule has 2 saturated heterocycles. The minimum absolute atomic E-state index is 0.0844. The van der Waals surface area contributed by atoms with Crippen LogP contribution in [0.25, 0.3) is 0 Å². The molecule has 1 aromatic rings. The number of carbonyl (C=O) groups excluding carboxylic acids is 2.